The molecule has 15 heavy (non-hydrogen) atoms. The molecule has 1 saturated carbocycles. The van der Waals surface area contributed by atoms with E-state index in [9.17, 15) is 0 Å². The van der Waals surface area contributed by atoms with Gasteiger partial charge in [-0.1, -0.05) is 49.3 Å². The van der Waals surface area contributed by atoms with Gasteiger partial charge in [0.1, 0.15) is 0 Å². The topological polar surface area (TPSA) is 0 Å². The number of hydrogen-bond donors (Lipinski definition) is 0. The molecular formula is C15H22. The molecular weight excluding hydrogens is 180 g/mol. The second-order valence-corrected chi connectivity index (χ2v) is 5.11. The Hall–Kier alpha value is -0.780. The molecule has 0 aromatic carbocycles. The summed E-state index contributed by atoms with van der Waals surface area (Å²) in [5.41, 5.74) is 1.94. The fourth-order valence-corrected chi connectivity index (χ4v) is 3.40. The summed E-state index contributed by atoms with van der Waals surface area (Å²) in [5.74, 6) is 0.709. The van der Waals surface area contributed by atoms with Crippen LogP contribution in [0.25, 0.3) is 0 Å². The Morgan fingerprint density at radius 2 is 2.20 bits per heavy atom. The van der Waals surface area contributed by atoms with E-state index in [0.29, 0.717) is 11.3 Å². The molecule has 0 radical (unpaired) electrons. The minimum absolute atomic E-state index is 0.575. The maximum absolute atomic E-state index is 4.25. The molecule has 82 valence electrons. The van der Waals surface area contributed by atoms with Crippen molar-refractivity contribution in [2.45, 2.75) is 45.4 Å². The van der Waals surface area contributed by atoms with Crippen LogP contribution in [0.5, 0.6) is 0 Å². The second-order valence-electron chi connectivity index (χ2n) is 5.11. The first-order valence-corrected chi connectivity index (χ1v) is 6.25. The lowest BCUT2D eigenvalue weighted by Crippen LogP contribution is -2.30. The standard InChI is InChI=1S/C15H22/c1-3-4-9-14-13(2)8-7-12-15(14)10-5-6-11-15/h3-4,7-8,14H,2,5-6,9-12H2,1H3/b4-3+. The normalized spacial score (nSPS) is 29.4. The third-order valence-electron chi connectivity index (χ3n) is 4.25. The first-order valence-electron chi connectivity index (χ1n) is 6.25. The summed E-state index contributed by atoms with van der Waals surface area (Å²) >= 11 is 0. The Bertz CT molecular complexity index is 287. The zero-order chi connectivity index (χ0) is 10.7. The Morgan fingerprint density at radius 3 is 2.87 bits per heavy atom. The zero-order valence-corrected chi connectivity index (χ0v) is 9.84. The summed E-state index contributed by atoms with van der Waals surface area (Å²) in [5, 5.41) is 0. The molecule has 0 aromatic heterocycles. The van der Waals surface area contributed by atoms with E-state index in [1.165, 1.54) is 44.1 Å². The summed E-state index contributed by atoms with van der Waals surface area (Å²) < 4.78 is 0. The van der Waals surface area contributed by atoms with Gasteiger partial charge in [-0.25, -0.2) is 0 Å². The second kappa shape index (κ2) is 4.38. The molecule has 2 aliphatic rings. The molecule has 2 rings (SSSR count). The molecule has 1 unspecified atom stereocenters. The molecule has 0 heterocycles. The summed E-state index contributed by atoms with van der Waals surface area (Å²) in [6, 6.07) is 0. The van der Waals surface area contributed by atoms with E-state index in [1.54, 1.807) is 0 Å². The Balaban J connectivity index is 2.20. The van der Waals surface area contributed by atoms with Crippen molar-refractivity contribution in [3.8, 4) is 0 Å². The van der Waals surface area contributed by atoms with Gasteiger partial charge in [-0.15, -0.1) is 0 Å². The van der Waals surface area contributed by atoms with E-state index in [1.807, 2.05) is 0 Å². The third-order valence-corrected chi connectivity index (χ3v) is 4.25. The average Bonchev–Trinajstić information content (AvgIpc) is 2.67. The monoisotopic (exact) mass is 202 g/mol. The summed E-state index contributed by atoms with van der Waals surface area (Å²) in [7, 11) is 0. The molecule has 0 amide bonds. The van der Waals surface area contributed by atoms with Crippen molar-refractivity contribution in [2.24, 2.45) is 11.3 Å². The number of rotatable bonds is 2. The highest BCUT2D eigenvalue weighted by molar-refractivity contribution is 5.27. The van der Waals surface area contributed by atoms with Crippen LogP contribution in [0, 0.1) is 11.3 Å². The predicted molar refractivity (Wildman–Crippen MR) is 66.7 cm³/mol. The van der Waals surface area contributed by atoms with Crippen molar-refractivity contribution in [2.75, 3.05) is 0 Å². The lowest BCUT2D eigenvalue weighted by Gasteiger charge is -2.40. The highest BCUT2D eigenvalue weighted by Crippen LogP contribution is 2.53. The maximum atomic E-state index is 4.25. The molecule has 0 aliphatic heterocycles. The van der Waals surface area contributed by atoms with Crippen molar-refractivity contribution in [3.63, 3.8) is 0 Å². The highest BCUT2D eigenvalue weighted by atomic mass is 14.5. The lowest BCUT2D eigenvalue weighted by molar-refractivity contribution is 0.196. The highest BCUT2D eigenvalue weighted by Gasteiger charge is 2.41. The largest absolute Gasteiger partial charge is 0.0955 e. The first-order chi connectivity index (χ1) is 7.28. The van der Waals surface area contributed by atoms with Crippen LogP contribution in [-0.4, -0.2) is 0 Å². The van der Waals surface area contributed by atoms with Crippen LogP contribution >= 0.6 is 0 Å². The van der Waals surface area contributed by atoms with Gasteiger partial charge in [0, 0.05) is 0 Å². The van der Waals surface area contributed by atoms with Gasteiger partial charge in [0.15, 0.2) is 0 Å². The fourth-order valence-electron chi connectivity index (χ4n) is 3.40. The molecule has 0 bridgehead atoms. The van der Waals surface area contributed by atoms with Crippen LogP contribution in [0.4, 0.5) is 0 Å². The molecule has 2 aliphatic carbocycles. The van der Waals surface area contributed by atoms with Gasteiger partial charge in [-0.05, 0) is 43.9 Å². The molecule has 0 N–H and O–H groups in total. The van der Waals surface area contributed by atoms with Crippen LogP contribution in [0.3, 0.4) is 0 Å². The Morgan fingerprint density at radius 1 is 1.47 bits per heavy atom. The molecule has 1 fully saturated rings. The molecule has 0 nitrogen and oxygen atoms in total. The van der Waals surface area contributed by atoms with Crippen molar-refractivity contribution in [1.29, 1.82) is 0 Å². The van der Waals surface area contributed by atoms with E-state index >= 15 is 0 Å². The van der Waals surface area contributed by atoms with Crippen LogP contribution in [0.2, 0.25) is 0 Å². The van der Waals surface area contributed by atoms with Crippen LogP contribution in [0.1, 0.15) is 45.4 Å². The lowest BCUT2D eigenvalue weighted by atomic mass is 9.64. The van der Waals surface area contributed by atoms with Gasteiger partial charge < -0.3 is 0 Å². The zero-order valence-electron chi connectivity index (χ0n) is 9.84. The van der Waals surface area contributed by atoms with E-state index in [4.69, 9.17) is 0 Å². The van der Waals surface area contributed by atoms with Gasteiger partial charge >= 0.3 is 0 Å². The van der Waals surface area contributed by atoms with Crippen molar-refractivity contribution in [1.82, 2.24) is 0 Å². The SMILES string of the molecule is C=C1C=CCC2(CCCC2)C1C/C=C/C. The summed E-state index contributed by atoms with van der Waals surface area (Å²) in [6.45, 7) is 6.36. The van der Waals surface area contributed by atoms with E-state index in [0.717, 1.165) is 0 Å². The maximum Gasteiger partial charge on any atom is -0.00738 e. The van der Waals surface area contributed by atoms with E-state index in [-0.39, 0.29) is 0 Å². The first kappa shape index (κ1) is 10.7. The molecule has 0 aromatic rings. The van der Waals surface area contributed by atoms with Crippen LogP contribution in [0.15, 0.2) is 36.5 Å². The van der Waals surface area contributed by atoms with Gasteiger partial charge in [0.25, 0.3) is 0 Å². The van der Waals surface area contributed by atoms with Crippen LogP contribution < -0.4 is 0 Å². The van der Waals surface area contributed by atoms with Gasteiger partial charge in [0.2, 0.25) is 0 Å². The van der Waals surface area contributed by atoms with E-state index < -0.39 is 0 Å². The van der Waals surface area contributed by atoms with E-state index in [2.05, 4.69) is 37.8 Å². The molecule has 0 heteroatoms. The minimum atomic E-state index is 0.575. The molecule has 1 atom stereocenters. The average molecular weight is 202 g/mol. The summed E-state index contributed by atoms with van der Waals surface area (Å²) in [6.07, 6.45) is 17.2. The van der Waals surface area contributed by atoms with Gasteiger partial charge in [-0.2, -0.15) is 0 Å². The van der Waals surface area contributed by atoms with Crippen molar-refractivity contribution >= 4 is 0 Å². The van der Waals surface area contributed by atoms with Gasteiger partial charge in [-0.3, -0.25) is 0 Å². The number of hydrogen-bond acceptors (Lipinski definition) is 0. The van der Waals surface area contributed by atoms with Crippen molar-refractivity contribution in [3.05, 3.63) is 36.5 Å². The Kier molecular flexibility index (Phi) is 3.14. The van der Waals surface area contributed by atoms with Gasteiger partial charge in [0.05, 0.1) is 0 Å². The third kappa shape index (κ3) is 1.95. The quantitative estimate of drug-likeness (QED) is 0.572. The fraction of sp³-hybridized carbons (Fsp3) is 0.600. The summed E-state index contributed by atoms with van der Waals surface area (Å²) in [4.78, 5) is 0. The van der Waals surface area contributed by atoms with Crippen molar-refractivity contribution < 1.29 is 0 Å². The molecule has 0 saturated heterocycles. The number of allylic oxidation sites excluding steroid dienone is 5. The smallest absolute Gasteiger partial charge is 0.00738 e. The van der Waals surface area contributed by atoms with Crippen LogP contribution in [-0.2, 0) is 0 Å². The minimum Gasteiger partial charge on any atom is -0.0955 e. The Labute approximate surface area is 93.8 Å². The molecule has 1 spiro atoms. The predicted octanol–water partition coefficient (Wildman–Crippen LogP) is 4.65.